The van der Waals surface area contributed by atoms with Gasteiger partial charge < -0.3 is 10.1 Å². The summed E-state index contributed by atoms with van der Waals surface area (Å²) in [4.78, 5) is 21.4. The van der Waals surface area contributed by atoms with Crippen molar-refractivity contribution in [2.24, 2.45) is 5.92 Å². The van der Waals surface area contributed by atoms with Crippen LogP contribution in [-0.2, 0) is 0 Å². The number of hydrogen-bond donors (Lipinski definition) is 2. The van der Waals surface area contributed by atoms with E-state index in [4.69, 9.17) is 4.74 Å². The number of aromatic amines is 1. The average Bonchev–Trinajstić information content (AvgIpc) is 3.04. The normalized spacial score (nSPS) is 12.4. The van der Waals surface area contributed by atoms with E-state index < -0.39 is 0 Å². The predicted molar refractivity (Wildman–Crippen MR) is 94.5 cm³/mol. The second-order valence-corrected chi connectivity index (χ2v) is 6.23. The van der Waals surface area contributed by atoms with Gasteiger partial charge in [-0.15, -0.1) is 0 Å². The number of H-pyrrole nitrogens is 1. The van der Waals surface area contributed by atoms with Crippen molar-refractivity contribution in [1.82, 2.24) is 25.5 Å². The highest BCUT2D eigenvalue weighted by Crippen LogP contribution is 2.21. The number of ether oxygens (including phenoxy) is 1. The van der Waals surface area contributed by atoms with Gasteiger partial charge in [0, 0.05) is 5.39 Å². The zero-order valence-electron chi connectivity index (χ0n) is 14.7. The van der Waals surface area contributed by atoms with Gasteiger partial charge in [0.15, 0.2) is 5.82 Å². The minimum Gasteiger partial charge on any atom is -0.497 e. The maximum atomic E-state index is 12.6. The van der Waals surface area contributed by atoms with E-state index in [1.165, 1.54) is 0 Å². The van der Waals surface area contributed by atoms with Crippen LogP contribution in [0.4, 0.5) is 0 Å². The lowest BCUT2D eigenvalue weighted by molar-refractivity contribution is 0.0918. The third kappa shape index (κ3) is 3.60. The Hall–Kier alpha value is -2.96. The molecule has 130 valence electrons. The number of amides is 1. The summed E-state index contributed by atoms with van der Waals surface area (Å²) in [5, 5.41) is 10.9. The van der Waals surface area contributed by atoms with Crippen LogP contribution in [0.1, 0.15) is 42.0 Å². The van der Waals surface area contributed by atoms with Crippen LogP contribution in [0.3, 0.4) is 0 Å². The summed E-state index contributed by atoms with van der Waals surface area (Å²) >= 11 is 0. The lowest BCUT2D eigenvalue weighted by atomic mass is 10.0. The molecule has 0 unspecified atom stereocenters. The molecule has 0 radical (unpaired) electrons. The van der Waals surface area contributed by atoms with Gasteiger partial charge in [-0.1, -0.05) is 19.9 Å². The van der Waals surface area contributed by atoms with Gasteiger partial charge in [0.25, 0.3) is 5.91 Å². The SMILES string of the molecule is COc1ccc2nc(C(=O)N[C@@H](c3n[nH]c(C)n3)C(C)C)ccc2c1. The molecule has 0 saturated heterocycles. The van der Waals surface area contributed by atoms with Crippen molar-refractivity contribution in [1.29, 1.82) is 0 Å². The first-order valence-electron chi connectivity index (χ1n) is 8.12. The van der Waals surface area contributed by atoms with Crippen LogP contribution < -0.4 is 10.1 Å². The highest BCUT2D eigenvalue weighted by molar-refractivity contribution is 5.95. The molecule has 3 rings (SSSR count). The Balaban J connectivity index is 1.85. The molecule has 1 aromatic carbocycles. The van der Waals surface area contributed by atoms with Crippen LogP contribution in [0.5, 0.6) is 5.75 Å². The van der Waals surface area contributed by atoms with E-state index in [0.717, 1.165) is 16.7 Å². The molecule has 1 amide bonds. The molecule has 3 aromatic rings. The first-order valence-corrected chi connectivity index (χ1v) is 8.12. The fourth-order valence-corrected chi connectivity index (χ4v) is 2.60. The number of nitrogens with zero attached hydrogens (tertiary/aromatic N) is 3. The molecular formula is C18H21N5O2. The van der Waals surface area contributed by atoms with E-state index in [-0.39, 0.29) is 17.9 Å². The van der Waals surface area contributed by atoms with E-state index >= 15 is 0 Å². The molecule has 25 heavy (non-hydrogen) atoms. The van der Waals surface area contributed by atoms with Crippen molar-refractivity contribution in [3.05, 3.63) is 47.7 Å². The standard InChI is InChI=1S/C18H21N5O2/c1-10(2)16(17-19-11(3)22-23-17)21-18(24)15-7-5-12-9-13(25-4)6-8-14(12)20-15/h5-10,16H,1-4H3,(H,21,24)(H,19,22,23)/t16-/m1/s1. The highest BCUT2D eigenvalue weighted by Gasteiger charge is 2.23. The van der Waals surface area contributed by atoms with Crippen LogP contribution >= 0.6 is 0 Å². The first-order chi connectivity index (χ1) is 12.0. The van der Waals surface area contributed by atoms with E-state index in [2.05, 4.69) is 25.5 Å². The van der Waals surface area contributed by atoms with Crippen LogP contribution in [0.25, 0.3) is 10.9 Å². The lowest BCUT2D eigenvalue weighted by Crippen LogP contribution is -2.33. The number of carbonyl (C=O) groups excluding carboxylic acids is 1. The smallest absolute Gasteiger partial charge is 0.270 e. The molecule has 0 aliphatic carbocycles. The van der Waals surface area contributed by atoms with Crippen molar-refractivity contribution in [3.8, 4) is 5.75 Å². The minimum atomic E-state index is -0.286. The summed E-state index contributed by atoms with van der Waals surface area (Å²) in [5.74, 6) is 1.94. The monoisotopic (exact) mass is 339 g/mol. The molecule has 2 heterocycles. The molecule has 0 aliphatic rings. The van der Waals surface area contributed by atoms with Gasteiger partial charge in [-0.2, -0.15) is 5.10 Å². The van der Waals surface area contributed by atoms with Gasteiger partial charge >= 0.3 is 0 Å². The zero-order chi connectivity index (χ0) is 18.0. The Morgan fingerprint density at radius 2 is 2.00 bits per heavy atom. The molecule has 0 fully saturated rings. The third-order valence-corrected chi connectivity index (χ3v) is 3.97. The second-order valence-electron chi connectivity index (χ2n) is 6.23. The summed E-state index contributed by atoms with van der Waals surface area (Å²) in [6, 6.07) is 8.83. The number of rotatable bonds is 5. The molecule has 7 heteroatoms. The molecule has 0 saturated carbocycles. The fraction of sp³-hybridized carbons (Fsp3) is 0.333. The lowest BCUT2D eigenvalue weighted by Gasteiger charge is -2.19. The predicted octanol–water partition coefficient (Wildman–Crippen LogP) is 2.80. The zero-order valence-corrected chi connectivity index (χ0v) is 14.7. The topological polar surface area (TPSA) is 92.8 Å². The van der Waals surface area contributed by atoms with Crippen molar-refractivity contribution in [2.75, 3.05) is 7.11 Å². The van der Waals surface area contributed by atoms with Crippen LogP contribution in [0.2, 0.25) is 0 Å². The number of methoxy groups -OCH3 is 1. The van der Waals surface area contributed by atoms with E-state index in [0.29, 0.717) is 17.3 Å². The highest BCUT2D eigenvalue weighted by atomic mass is 16.5. The first kappa shape index (κ1) is 16.9. The van der Waals surface area contributed by atoms with E-state index in [1.54, 1.807) is 13.2 Å². The van der Waals surface area contributed by atoms with Crippen molar-refractivity contribution < 1.29 is 9.53 Å². The Labute approximate surface area is 145 Å². The van der Waals surface area contributed by atoms with Gasteiger partial charge in [0.2, 0.25) is 0 Å². The summed E-state index contributed by atoms with van der Waals surface area (Å²) in [6.45, 7) is 5.85. The molecule has 1 atom stereocenters. The molecule has 0 aliphatic heterocycles. The number of pyridine rings is 1. The largest absolute Gasteiger partial charge is 0.497 e. The van der Waals surface area contributed by atoms with Gasteiger partial charge in [-0.3, -0.25) is 9.89 Å². The van der Waals surface area contributed by atoms with E-state index in [1.807, 2.05) is 45.0 Å². The third-order valence-electron chi connectivity index (χ3n) is 3.97. The average molecular weight is 339 g/mol. The van der Waals surface area contributed by atoms with Gasteiger partial charge in [0.1, 0.15) is 17.3 Å². The molecule has 0 spiro atoms. The molecule has 0 bridgehead atoms. The Morgan fingerprint density at radius 1 is 1.20 bits per heavy atom. The summed E-state index contributed by atoms with van der Waals surface area (Å²) in [5.41, 5.74) is 1.10. The number of nitrogens with one attached hydrogen (secondary N) is 2. The van der Waals surface area contributed by atoms with Crippen LogP contribution in [0.15, 0.2) is 30.3 Å². The number of aryl methyl sites for hydroxylation is 1. The maximum Gasteiger partial charge on any atom is 0.270 e. The van der Waals surface area contributed by atoms with E-state index in [9.17, 15) is 4.79 Å². The summed E-state index contributed by atoms with van der Waals surface area (Å²) < 4.78 is 5.21. The molecule has 2 aromatic heterocycles. The van der Waals surface area contributed by atoms with Crippen molar-refractivity contribution in [3.63, 3.8) is 0 Å². The Morgan fingerprint density at radius 3 is 2.64 bits per heavy atom. The Bertz CT molecular complexity index is 903. The summed E-state index contributed by atoms with van der Waals surface area (Å²) in [6.07, 6.45) is 0. The van der Waals surface area contributed by atoms with Crippen molar-refractivity contribution in [2.45, 2.75) is 26.8 Å². The maximum absolute atomic E-state index is 12.6. The number of aromatic nitrogens is 4. The fourth-order valence-electron chi connectivity index (χ4n) is 2.60. The van der Waals surface area contributed by atoms with Gasteiger partial charge in [0.05, 0.1) is 18.7 Å². The van der Waals surface area contributed by atoms with Crippen LogP contribution in [0, 0.1) is 12.8 Å². The number of benzene rings is 1. The molecule has 7 nitrogen and oxygen atoms in total. The Kier molecular flexibility index (Phi) is 4.65. The quantitative estimate of drug-likeness (QED) is 0.745. The second kappa shape index (κ2) is 6.88. The minimum absolute atomic E-state index is 0.142. The number of hydrogen-bond acceptors (Lipinski definition) is 5. The van der Waals surface area contributed by atoms with Crippen molar-refractivity contribution >= 4 is 16.8 Å². The number of carbonyl (C=O) groups is 1. The van der Waals surface area contributed by atoms with Crippen LogP contribution in [-0.4, -0.2) is 33.2 Å². The molecular weight excluding hydrogens is 318 g/mol. The number of fused-ring (bicyclic) bond motifs is 1. The molecule has 2 N–H and O–H groups in total. The summed E-state index contributed by atoms with van der Waals surface area (Å²) in [7, 11) is 1.62. The van der Waals surface area contributed by atoms with Gasteiger partial charge in [-0.05, 0) is 37.1 Å². The van der Waals surface area contributed by atoms with Gasteiger partial charge in [-0.25, -0.2) is 9.97 Å².